The average Bonchev–Trinajstić information content (AvgIpc) is 2.43. The molecule has 0 spiro atoms. The summed E-state index contributed by atoms with van der Waals surface area (Å²) in [6.07, 6.45) is 0. The van der Waals surface area contributed by atoms with Gasteiger partial charge in [-0.15, -0.1) is 0 Å². The van der Waals surface area contributed by atoms with E-state index < -0.39 is 22.9 Å². The van der Waals surface area contributed by atoms with Crippen LogP contribution in [0.15, 0.2) is 24.3 Å². The first-order chi connectivity index (χ1) is 8.95. The molecule has 0 aliphatic heterocycles. The van der Waals surface area contributed by atoms with Crippen LogP contribution in [0.1, 0.15) is 10.4 Å². The van der Waals surface area contributed by atoms with E-state index in [4.69, 9.17) is 10.5 Å². The fourth-order valence-electron chi connectivity index (χ4n) is 1.19. The van der Waals surface area contributed by atoms with E-state index in [1.807, 2.05) is 0 Å². The molecule has 1 aromatic rings. The van der Waals surface area contributed by atoms with E-state index in [2.05, 4.69) is 4.74 Å². The number of rotatable bonds is 5. The predicted octanol–water partition coefficient (Wildman–Crippen LogP) is 0.252. The molecule has 0 aliphatic carbocycles. The lowest BCUT2D eigenvalue weighted by Crippen LogP contribution is -2.36. The maximum atomic E-state index is 11.5. The smallest absolute Gasteiger partial charge is 0.338 e. The van der Waals surface area contributed by atoms with E-state index in [-0.39, 0.29) is 17.9 Å². The van der Waals surface area contributed by atoms with E-state index >= 15 is 0 Å². The third-order valence-electron chi connectivity index (χ3n) is 2.21. The van der Waals surface area contributed by atoms with Gasteiger partial charge in [-0.2, -0.15) is 0 Å². The summed E-state index contributed by atoms with van der Waals surface area (Å²) in [6, 6.07) is 3.80. The van der Waals surface area contributed by atoms with Crippen molar-refractivity contribution >= 4 is 17.6 Å². The summed E-state index contributed by atoms with van der Waals surface area (Å²) in [6.45, 7) is -0.331. The highest BCUT2D eigenvalue weighted by Crippen LogP contribution is 2.12. The van der Waals surface area contributed by atoms with Crippen LogP contribution in [0.2, 0.25) is 0 Å². The second-order valence-corrected chi connectivity index (χ2v) is 3.53. The van der Waals surface area contributed by atoms with Crippen molar-refractivity contribution < 1.29 is 24.0 Å². The molecule has 0 aromatic heterocycles. The van der Waals surface area contributed by atoms with E-state index in [9.17, 15) is 19.7 Å². The van der Waals surface area contributed by atoms with Gasteiger partial charge >= 0.3 is 11.9 Å². The zero-order valence-electron chi connectivity index (χ0n) is 10.1. The molecule has 102 valence electrons. The number of ether oxygens (including phenoxy) is 2. The molecule has 1 rings (SSSR count). The fourth-order valence-corrected chi connectivity index (χ4v) is 1.19. The minimum absolute atomic E-state index is 0.127. The Hall–Kier alpha value is -2.48. The van der Waals surface area contributed by atoms with Gasteiger partial charge in [-0.3, -0.25) is 14.9 Å². The van der Waals surface area contributed by atoms with Crippen molar-refractivity contribution in [1.82, 2.24) is 0 Å². The van der Waals surface area contributed by atoms with Crippen molar-refractivity contribution in [2.24, 2.45) is 5.73 Å². The highest BCUT2D eigenvalue weighted by atomic mass is 16.6. The van der Waals surface area contributed by atoms with Crippen LogP contribution in [0.3, 0.4) is 0 Å². The van der Waals surface area contributed by atoms with Crippen LogP contribution >= 0.6 is 0 Å². The lowest BCUT2D eigenvalue weighted by molar-refractivity contribution is -0.384. The number of hydrogen-bond donors (Lipinski definition) is 1. The van der Waals surface area contributed by atoms with Crippen molar-refractivity contribution in [2.75, 3.05) is 13.7 Å². The molecule has 0 aliphatic rings. The number of benzene rings is 1. The van der Waals surface area contributed by atoms with Crippen LogP contribution in [0.5, 0.6) is 0 Å². The summed E-state index contributed by atoms with van der Waals surface area (Å²) >= 11 is 0. The molecule has 0 heterocycles. The van der Waals surface area contributed by atoms with Gasteiger partial charge < -0.3 is 15.2 Å². The summed E-state index contributed by atoms with van der Waals surface area (Å²) in [5.41, 5.74) is 5.37. The molecule has 8 nitrogen and oxygen atoms in total. The predicted molar refractivity (Wildman–Crippen MR) is 63.4 cm³/mol. The first kappa shape index (κ1) is 14.6. The van der Waals surface area contributed by atoms with Crippen molar-refractivity contribution in [3.05, 3.63) is 39.9 Å². The topological polar surface area (TPSA) is 122 Å². The quantitative estimate of drug-likeness (QED) is 0.461. The number of nitro groups is 1. The van der Waals surface area contributed by atoms with Crippen molar-refractivity contribution in [3.8, 4) is 0 Å². The standard InChI is InChI=1S/C11H12N2O6/c1-18-11(15)9(12)6-19-10(14)7-2-4-8(5-3-7)13(16)17/h2-5,9H,6,12H2,1H3/t9-/m0/s1. The number of carbonyl (C=O) groups excluding carboxylic acids is 2. The Morgan fingerprint density at radius 1 is 1.37 bits per heavy atom. The molecule has 0 saturated heterocycles. The molecule has 19 heavy (non-hydrogen) atoms. The van der Waals surface area contributed by atoms with E-state index in [1.54, 1.807) is 0 Å². The van der Waals surface area contributed by atoms with Crippen LogP contribution in [0.4, 0.5) is 5.69 Å². The maximum Gasteiger partial charge on any atom is 0.338 e. The summed E-state index contributed by atoms with van der Waals surface area (Å²) in [7, 11) is 1.17. The van der Waals surface area contributed by atoms with Crippen LogP contribution < -0.4 is 5.73 Å². The van der Waals surface area contributed by atoms with E-state index in [0.29, 0.717) is 0 Å². The number of hydrogen-bond acceptors (Lipinski definition) is 7. The number of carbonyl (C=O) groups is 2. The van der Waals surface area contributed by atoms with Gasteiger partial charge in [0.05, 0.1) is 17.6 Å². The number of nitrogens with zero attached hydrogens (tertiary/aromatic N) is 1. The third kappa shape index (κ3) is 4.03. The Kier molecular flexibility index (Phi) is 4.95. The molecule has 0 unspecified atom stereocenters. The lowest BCUT2D eigenvalue weighted by Gasteiger charge is -2.09. The van der Waals surface area contributed by atoms with Crippen LogP contribution in [0.25, 0.3) is 0 Å². The molecular formula is C11H12N2O6. The Balaban J connectivity index is 2.59. The lowest BCUT2D eigenvalue weighted by atomic mass is 10.2. The summed E-state index contributed by atoms with van der Waals surface area (Å²) in [5, 5.41) is 10.4. The van der Waals surface area contributed by atoms with Gasteiger partial charge in [0.1, 0.15) is 12.6 Å². The normalized spacial score (nSPS) is 11.5. The molecule has 1 atom stereocenters. The van der Waals surface area contributed by atoms with Gasteiger partial charge in [0.2, 0.25) is 0 Å². The Labute approximate surface area is 108 Å². The third-order valence-corrected chi connectivity index (χ3v) is 2.21. The SMILES string of the molecule is COC(=O)[C@@H](N)COC(=O)c1ccc([N+](=O)[O-])cc1. The van der Waals surface area contributed by atoms with Gasteiger partial charge in [-0.25, -0.2) is 4.79 Å². The second kappa shape index (κ2) is 6.45. The Morgan fingerprint density at radius 3 is 2.42 bits per heavy atom. The summed E-state index contributed by atoms with van der Waals surface area (Å²) in [4.78, 5) is 32.4. The second-order valence-electron chi connectivity index (χ2n) is 3.53. The fraction of sp³-hybridized carbons (Fsp3) is 0.273. The highest BCUT2D eigenvalue weighted by molar-refractivity contribution is 5.90. The molecule has 0 bridgehead atoms. The van der Waals surface area contributed by atoms with Gasteiger partial charge in [0.15, 0.2) is 0 Å². The molecule has 0 saturated carbocycles. The largest absolute Gasteiger partial charge is 0.468 e. The molecule has 2 N–H and O–H groups in total. The number of nitro benzene ring substituents is 1. The van der Waals surface area contributed by atoms with Crippen molar-refractivity contribution in [1.29, 1.82) is 0 Å². The summed E-state index contributed by atoms with van der Waals surface area (Å²) in [5.74, 6) is -1.43. The average molecular weight is 268 g/mol. The zero-order chi connectivity index (χ0) is 14.4. The minimum Gasteiger partial charge on any atom is -0.468 e. The Bertz CT molecular complexity index is 484. The van der Waals surface area contributed by atoms with Gasteiger partial charge in [0.25, 0.3) is 5.69 Å². The van der Waals surface area contributed by atoms with Crippen LogP contribution in [-0.2, 0) is 14.3 Å². The monoisotopic (exact) mass is 268 g/mol. The molecule has 8 heteroatoms. The minimum atomic E-state index is -1.06. The van der Waals surface area contributed by atoms with Gasteiger partial charge in [0, 0.05) is 12.1 Å². The zero-order valence-corrected chi connectivity index (χ0v) is 10.1. The number of methoxy groups -OCH3 is 1. The molecule has 0 radical (unpaired) electrons. The van der Waals surface area contributed by atoms with Crippen LogP contribution in [-0.4, -0.2) is 36.6 Å². The number of nitrogens with two attached hydrogens (primary N) is 1. The van der Waals surface area contributed by atoms with Gasteiger partial charge in [-0.05, 0) is 12.1 Å². The van der Waals surface area contributed by atoms with Crippen molar-refractivity contribution in [3.63, 3.8) is 0 Å². The Morgan fingerprint density at radius 2 is 1.95 bits per heavy atom. The first-order valence-corrected chi connectivity index (χ1v) is 5.20. The molecular weight excluding hydrogens is 256 g/mol. The molecule has 1 aromatic carbocycles. The highest BCUT2D eigenvalue weighted by Gasteiger charge is 2.17. The number of esters is 2. The maximum absolute atomic E-state index is 11.5. The molecule has 0 fully saturated rings. The molecule has 0 amide bonds. The summed E-state index contributed by atoms with van der Waals surface area (Å²) < 4.78 is 9.14. The van der Waals surface area contributed by atoms with Crippen molar-refractivity contribution in [2.45, 2.75) is 6.04 Å². The van der Waals surface area contributed by atoms with Gasteiger partial charge in [-0.1, -0.05) is 0 Å². The van der Waals surface area contributed by atoms with Crippen LogP contribution in [0, 0.1) is 10.1 Å². The first-order valence-electron chi connectivity index (χ1n) is 5.20. The number of non-ortho nitro benzene ring substituents is 1. The van der Waals surface area contributed by atoms with E-state index in [1.165, 1.54) is 31.4 Å². The van der Waals surface area contributed by atoms with E-state index in [0.717, 1.165) is 0 Å².